The van der Waals surface area contributed by atoms with E-state index in [1.165, 1.54) is 5.56 Å². The van der Waals surface area contributed by atoms with Crippen molar-refractivity contribution in [3.63, 3.8) is 0 Å². The zero-order valence-corrected chi connectivity index (χ0v) is 15.3. The highest BCUT2D eigenvalue weighted by Crippen LogP contribution is 2.18. The van der Waals surface area contributed by atoms with E-state index in [4.69, 9.17) is 0 Å². The van der Waals surface area contributed by atoms with Gasteiger partial charge in [-0.25, -0.2) is 0 Å². The summed E-state index contributed by atoms with van der Waals surface area (Å²) >= 11 is 0. The minimum Gasteiger partial charge on any atom is -0.352 e. The van der Waals surface area contributed by atoms with E-state index < -0.39 is 0 Å². The smallest absolute Gasteiger partial charge is 0.251 e. The van der Waals surface area contributed by atoms with Crippen molar-refractivity contribution in [1.29, 1.82) is 0 Å². The Morgan fingerprint density at radius 3 is 2.32 bits per heavy atom. The van der Waals surface area contributed by atoms with Crippen LogP contribution in [0.25, 0.3) is 0 Å². The predicted octanol–water partition coefficient (Wildman–Crippen LogP) is 3.95. The van der Waals surface area contributed by atoms with Gasteiger partial charge in [-0.2, -0.15) is 0 Å². The Kier molecular flexibility index (Phi) is 5.87. The molecule has 1 N–H and O–H groups in total. The van der Waals surface area contributed by atoms with Gasteiger partial charge in [-0.3, -0.25) is 9.69 Å². The molecular weight excluding hydrogens is 308 g/mol. The summed E-state index contributed by atoms with van der Waals surface area (Å²) in [5, 5.41) is 3.13. The molecule has 1 fully saturated rings. The van der Waals surface area contributed by atoms with E-state index in [-0.39, 0.29) is 5.91 Å². The maximum Gasteiger partial charge on any atom is 0.251 e. The zero-order valence-electron chi connectivity index (χ0n) is 15.3. The van der Waals surface area contributed by atoms with Gasteiger partial charge in [0.05, 0.1) is 0 Å². The third-order valence-corrected chi connectivity index (χ3v) is 4.99. The second kappa shape index (κ2) is 8.30. The first kappa shape index (κ1) is 17.7. The van der Waals surface area contributed by atoms with Crippen molar-refractivity contribution in [3.05, 3.63) is 70.8 Å². The third kappa shape index (κ3) is 5.17. The van der Waals surface area contributed by atoms with Gasteiger partial charge in [0.1, 0.15) is 0 Å². The fraction of sp³-hybridized carbons (Fsp3) is 0.409. The Morgan fingerprint density at radius 2 is 1.68 bits per heavy atom. The Balaban J connectivity index is 1.44. The van der Waals surface area contributed by atoms with E-state index in [0.29, 0.717) is 5.92 Å². The first-order valence-corrected chi connectivity index (χ1v) is 9.23. The van der Waals surface area contributed by atoms with Crippen molar-refractivity contribution >= 4 is 5.91 Å². The summed E-state index contributed by atoms with van der Waals surface area (Å²) in [6.07, 6.45) is 2.31. The second-order valence-corrected chi connectivity index (χ2v) is 7.29. The van der Waals surface area contributed by atoms with Gasteiger partial charge in [-0.1, -0.05) is 47.5 Å². The largest absolute Gasteiger partial charge is 0.352 e. The molecule has 0 aliphatic carbocycles. The standard InChI is InChI=1S/C22H28N2O/c1-17-12-18(2)14-21(13-17)22(25)23-15-19-8-10-24(11-9-19)16-20-6-4-3-5-7-20/h3-7,12-14,19H,8-11,15-16H2,1-2H3,(H,23,25). The molecule has 2 aromatic carbocycles. The number of carbonyl (C=O) groups excluding carboxylic acids is 1. The Bertz CT molecular complexity index is 683. The molecule has 1 heterocycles. The first-order valence-electron chi connectivity index (χ1n) is 9.23. The molecule has 0 unspecified atom stereocenters. The molecule has 0 spiro atoms. The molecule has 3 heteroatoms. The summed E-state index contributed by atoms with van der Waals surface area (Å²) in [6, 6.07) is 16.7. The maximum absolute atomic E-state index is 12.4. The normalized spacial score (nSPS) is 15.9. The molecule has 0 bridgehead atoms. The van der Waals surface area contributed by atoms with Gasteiger partial charge in [0.2, 0.25) is 0 Å². The van der Waals surface area contributed by atoms with Crippen molar-refractivity contribution in [2.45, 2.75) is 33.2 Å². The first-order chi connectivity index (χ1) is 12.1. The van der Waals surface area contributed by atoms with Crippen LogP contribution >= 0.6 is 0 Å². The molecule has 2 aromatic rings. The van der Waals surface area contributed by atoms with Gasteiger partial charge in [0, 0.05) is 18.7 Å². The van der Waals surface area contributed by atoms with Crippen LogP contribution in [0.1, 0.15) is 39.9 Å². The van der Waals surface area contributed by atoms with Gasteiger partial charge >= 0.3 is 0 Å². The number of nitrogens with one attached hydrogen (secondary N) is 1. The van der Waals surface area contributed by atoms with Crippen LogP contribution in [-0.4, -0.2) is 30.4 Å². The Morgan fingerprint density at radius 1 is 1.04 bits per heavy atom. The molecule has 1 saturated heterocycles. The summed E-state index contributed by atoms with van der Waals surface area (Å²) < 4.78 is 0. The second-order valence-electron chi connectivity index (χ2n) is 7.29. The number of hydrogen-bond acceptors (Lipinski definition) is 2. The topological polar surface area (TPSA) is 32.3 Å². The Labute approximate surface area is 151 Å². The summed E-state index contributed by atoms with van der Waals surface area (Å²) in [5.74, 6) is 0.639. The summed E-state index contributed by atoms with van der Waals surface area (Å²) in [4.78, 5) is 14.9. The Hall–Kier alpha value is -2.13. The number of likely N-dealkylation sites (tertiary alicyclic amines) is 1. The van der Waals surface area contributed by atoms with Gasteiger partial charge < -0.3 is 5.32 Å². The number of rotatable bonds is 5. The fourth-order valence-electron chi connectivity index (χ4n) is 3.64. The van der Waals surface area contributed by atoms with Crippen LogP contribution in [0.4, 0.5) is 0 Å². The average Bonchev–Trinajstić information content (AvgIpc) is 2.61. The van der Waals surface area contributed by atoms with Gasteiger partial charge in [-0.15, -0.1) is 0 Å². The third-order valence-electron chi connectivity index (χ3n) is 4.99. The van der Waals surface area contributed by atoms with Crippen LogP contribution in [0.3, 0.4) is 0 Å². The molecule has 1 aliphatic rings. The van der Waals surface area contributed by atoms with Crippen LogP contribution in [0.5, 0.6) is 0 Å². The SMILES string of the molecule is Cc1cc(C)cc(C(=O)NCC2CCN(Cc3ccccc3)CC2)c1. The fourth-order valence-corrected chi connectivity index (χ4v) is 3.64. The van der Waals surface area contributed by atoms with E-state index in [9.17, 15) is 4.79 Å². The number of piperidine rings is 1. The molecule has 0 aromatic heterocycles. The maximum atomic E-state index is 12.4. The minimum absolute atomic E-state index is 0.0542. The number of hydrogen-bond donors (Lipinski definition) is 1. The molecule has 0 radical (unpaired) electrons. The van der Waals surface area contributed by atoms with Crippen LogP contribution in [0.2, 0.25) is 0 Å². The molecule has 25 heavy (non-hydrogen) atoms. The lowest BCUT2D eigenvalue weighted by Crippen LogP contribution is -2.38. The quantitative estimate of drug-likeness (QED) is 0.897. The number of aryl methyl sites for hydroxylation is 2. The van der Waals surface area contributed by atoms with E-state index in [2.05, 4.69) is 46.6 Å². The summed E-state index contributed by atoms with van der Waals surface area (Å²) in [7, 11) is 0. The molecule has 132 valence electrons. The zero-order chi connectivity index (χ0) is 17.6. The molecule has 3 rings (SSSR count). The van der Waals surface area contributed by atoms with Gasteiger partial charge in [0.15, 0.2) is 0 Å². The highest BCUT2D eigenvalue weighted by atomic mass is 16.1. The number of benzene rings is 2. The van der Waals surface area contributed by atoms with Crippen molar-refractivity contribution in [2.24, 2.45) is 5.92 Å². The monoisotopic (exact) mass is 336 g/mol. The average molecular weight is 336 g/mol. The summed E-state index contributed by atoms with van der Waals surface area (Å²) in [5.41, 5.74) is 4.43. The highest BCUT2D eigenvalue weighted by Gasteiger charge is 2.20. The van der Waals surface area contributed by atoms with E-state index in [0.717, 1.165) is 55.7 Å². The minimum atomic E-state index is 0.0542. The number of carbonyl (C=O) groups is 1. The molecule has 3 nitrogen and oxygen atoms in total. The number of nitrogens with zero attached hydrogens (tertiary/aromatic N) is 1. The van der Waals surface area contributed by atoms with E-state index in [1.807, 2.05) is 26.0 Å². The van der Waals surface area contributed by atoms with Crippen LogP contribution in [0, 0.1) is 19.8 Å². The molecule has 0 saturated carbocycles. The predicted molar refractivity (Wildman–Crippen MR) is 103 cm³/mol. The van der Waals surface area contributed by atoms with Crippen molar-refractivity contribution in [2.75, 3.05) is 19.6 Å². The lowest BCUT2D eigenvalue weighted by atomic mass is 9.96. The molecular formula is C22H28N2O. The molecule has 1 aliphatic heterocycles. The summed E-state index contributed by atoms with van der Waals surface area (Å²) in [6.45, 7) is 8.10. The lowest BCUT2D eigenvalue weighted by molar-refractivity contribution is 0.0935. The van der Waals surface area contributed by atoms with Crippen molar-refractivity contribution < 1.29 is 4.79 Å². The van der Waals surface area contributed by atoms with Gasteiger partial charge in [-0.05, 0) is 63.4 Å². The molecule has 1 amide bonds. The molecule has 0 atom stereocenters. The van der Waals surface area contributed by atoms with Crippen LogP contribution < -0.4 is 5.32 Å². The van der Waals surface area contributed by atoms with Crippen molar-refractivity contribution in [1.82, 2.24) is 10.2 Å². The van der Waals surface area contributed by atoms with Crippen LogP contribution in [0.15, 0.2) is 48.5 Å². The highest BCUT2D eigenvalue weighted by molar-refractivity contribution is 5.94. The lowest BCUT2D eigenvalue weighted by Gasteiger charge is -2.32. The van der Waals surface area contributed by atoms with Crippen LogP contribution in [-0.2, 0) is 6.54 Å². The van der Waals surface area contributed by atoms with Gasteiger partial charge in [0.25, 0.3) is 5.91 Å². The van der Waals surface area contributed by atoms with E-state index in [1.54, 1.807) is 0 Å². The number of amides is 1. The van der Waals surface area contributed by atoms with E-state index >= 15 is 0 Å². The van der Waals surface area contributed by atoms with Crippen molar-refractivity contribution in [3.8, 4) is 0 Å².